The number of fused-ring (bicyclic) bond motifs is 2. The molecule has 4 aromatic rings. The lowest BCUT2D eigenvalue weighted by Gasteiger charge is -2.01. The normalized spacial score (nSPS) is 9.52. The summed E-state index contributed by atoms with van der Waals surface area (Å²) in [4.78, 5) is 14.8. The maximum absolute atomic E-state index is 8.43. The first-order chi connectivity index (χ1) is 13.2. The van der Waals surface area contributed by atoms with Crippen molar-refractivity contribution in [2.24, 2.45) is 0 Å². The van der Waals surface area contributed by atoms with Gasteiger partial charge < -0.3 is 14.7 Å². The number of H-pyrrole nitrogens is 2. The Morgan fingerprint density at radius 3 is 2.00 bits per heavy atom. The van der Waals surface area contributed by atoms with Gasteiger partial charge in [0.25, 0.3) is 0 Å². The second-order valence-electron chi connectivity index (χ2n) is 5.77. The Balaban J connectivity index is 0.000000277. The van der Waals surface area contributed by atoms with Gasteiger partial charge in [0, 0.05) is 0 Å². The number of nitrogens with one attached hydrogen (secondary N) is 3. The van der Waals surface area contributed by atoms with Crippen LogP contribution in [0.25, 0.3) is 22.1 Å². The molecule has 0 saturated heterocycles. The van der Waals surface area contributed by atoms with Crippen molar-refractivity contribution in [2.75, 3.05) is 6.61 Å². The van der Waals surface area contributed by atoms with Crippen molar-refractivity contribution < 1.29 is 4.74 Å². The lowest BCUT2D eigenvalue weighted by Crippen LogP contribution is -2.07. The van der Waals surface area contributed by atoms with Crippen LogP contribution in [0.5, 0.6) is 0 Å². The molecule has 7 nitrogen and oxygen atoms in total. The van der Waals surface area contributed by atoms with Crippen LogP contribution in [0.4, 0.5) is 0 Å². The van der Waals surface area contributed by atoms with Crippen LogP contribution >= 0.6 is 24.8 Å². The molecule has 3 N–H and O–H groups in total. The summed E-state index contributed by atoms with van der Waals surface area (Å²) in [6.45, 7) is 2.40. The monoisotopic (exact) mass is 432 g/mol. The lowest BCUT2D eigenvalue weighted by molar-refractivity contribution is 0.316. The van der Waals surface area contributed by atoms with Gasteiger partial charge >= 0.3 is 0 Å². The van der Waals surface area contributed by atoms with Gasteiger partial charge in [-0.1, -0.05) is 24.3 Å². The number of imidazole rings is 2. The van der Waals surface area contributed by atoms with Crippen LogP contribution in [0.3, 0.4) is 0 Å². The summed E-state index contributed by atoms with van der Waals surface area (Å²) in [5, 5.41) is 16.0. The molecule has 0 unspecified atom stereocenters. The van der Waals surface area contributed by atoms with Gasteiger partial charge in [0.15, 0.2) is 5.90 Å². The number of halogens is 2. The van der Waals surface area contributed by atoms with Crippen LogP contribution in [0.2, 0.25) is 0 Å². The molecule has 152 valence electrons. The molecular weight excluding hydrogens is 411 g/mol. The average molecular weight is 433 g/mol. The first-order valence-corrected chi connectivity index (χ1v) is 8.64. The van der Waals surface area contributed by atoms with E-state index in [4.69, 9.17) is 15.4 Å². The Hall–Kier alpha value is -3.08. The maximum Gasteiger partial charge on any atom is 0.188 e. The van der Waals surface area contributed by atoms with Crippen molar-refractivity contribution in [1.82, 2.24) is 19.9 Å². The number of aromatic nitrogens is 4. The Morgan fingerprint density at radius 1 is 0.966 bits per heavy atom. The third kappa shape index (κ3) is 6.49. The molecule has 0 aliphatic heterocycles. The van der Waals surface area contributed by atoms with Gasteiger partial charge in [-0.05, 0) is 31.2 Å². The van der Waals surface area contributed by atoms with Gasteiger partial charge in [-0.25, -0.2) is 9.97 Å². The molecule has 0 bridgehead atoms. The number of rotatable bonds is 4. The fraction of sp³-hybridized carbons (Fsp3) is 0.200. The van der Waals surface area contributed by atoms with Crippen molar-refractivity contribution in [1.29, 1.82) is 10.7 Å². The summed E-state index contributed by atoms with van der Waals surface area (Å²) in [5.74, 6) is 1.75. The van der Waals surface area contributed by atoms with Gasteiger partial charge in [-0.2, -0.15) is 5.26 Å². The van der Waals surface area contributed by atoms with Crippen LogP contribution in [0.1, 0.15) is 18.6 Å². The van der Waals surface area contributed by atoms with Crippen molar-refractivity contribution in [3.05, 3.63) is 60.2 Å². The van der Waals surface area contributed by atoms with Crippen LogP contribution < -0.4 is 0 Å². The Labute approximate surface area is 180 Å². The van der Waals surface area contributed by atoms with Gasteiger partial charge in [-0.15, -0.1) is 24.8 Å². The summed E-state index contributed by atoms with van der Waals surface area (Å²) in [6, 6.07) is 17.6. The van der Waals surface area contributed by atoms with Gasteiger partial charge in [0.1, 0.15) is 11.6 Å². The number of aromatic amines is 2. The minimum absolute atomic E-state index is 0. The van der Waals surface area contributed by atoms with E-state index < -0.39 is 0 Å². The third-order valence-electron chi connectivity index (χ3n) is 3.77. The summed E-state index contributed by atoms with van der Waals surface area (Å²) < 4.78 is 5.07. The highest BCUT2D eigenvalue weighted by molar-refractivity contribution is 5.85. The van der Waals surface area contributed by atoms with Crippen LogP contribution in [0, 0.1) is 16.7 Å². The first kappa shape index (κ1) is 24.0. The molecule has 0 aliphatic rings. The molecule has 0 aliphatic carbocycles. The molecule has 4 rings (SSSR count). The smallest absolute Gasteiger partial charge is 0.188 e. The van der Waals surface area contributed by atoms with E-state index in [0.29, 0.717) is 19.4 Å². The highest BCUT2D eigenvalue weighted by Crippen LogP contribution is 2.11. The predicted molar refractivity (Wildman–Crippen MR) is 119 cm³/mol. The molecule has 2 aromatic carbocycles. The lowest BCUT2D eigenvalue weighted by atomic mass is 10.3. The molecule has 0 fully saturated rings. The number of ether oxygens (including phenoxy) is 1. The molecule has 2 heterocycles. The highest BCUT2D eigenvalue weighted by Gasteiger charge is 2.05. The van der Waals surface area contributed by atoms with Crippen LogP contribution in [-0.4, -0.2) is 32.4 Å². The van der Waals surface area contributed by atoms with E-state index >= 15 is 0 Å². The van der Waals surface area contributed by atoms with E-state index in [0.717, 1.165) is 33.7 Å². The molecule has 0 radical (unpaired) electrons. The summed E-state index contributed by atoms with van der Waals surface area (Å²) in [6.07, 6.45) is 0.761. The van der Waals surface area contributed by atoms with E-state index in [1.807, 2.05) is 55.5 Å². The van der Waals surface area contributed by atoms with E-state index in [9.17, 15) is 0 Å². The van der Waals surface area contributed by atoms with Crippen molar-refractivity contribution >= 4 is 52.8 Å². The number of nitriles is 1. The minimum Gasteiger partial charge on any atom is -0.481 e. The fourth-order valence-electron chi connectivity index (χ4n) is 2.63. The van der Waals surface area contributed by atoms with Gasteiger partial charge in [0.05, 0.1) is 47.6 Å². The molecule has 0 saturated carbocycles. The molecular formula is C20H22Cl2N6O. The summed E-state index contributed by atoms with van der Waals surface area (Å²) in [7, 11) is 0. The summed E-state index contributed by atoms with van der Waals surface area (Å²) in [5.41, 5.74) is 3.83. The predicted octanol–water partition coefficient (Wildman–Crippen LogP) is 4.59. The number of hydrogen-bond donors (Lipinski definition) is 3. The molecule has 9 heteroatoms. The topological polar surface area (TPSA) is 114 Å². The second-order valence-corrected chi connectivity index (χ2v) is 5.77. The molecule has 29 heavy (non-hydrogen) atoms. The second kappa shape index (κ2) is 11.7. The van der Waals surface area contributed by atoms with Crippen LogP contribution in [0.15, 0.2) is 48.5 Å². The number of para-hydroxylation sites is 4. The molecule has 2 aromatic heterocycles. The van der Waals surface area contributed by atoms with E-state index in [2.05, 4.69) is 26.0 Å². The summed E-state index contributed by atoms with van der Waals surface area (Å²) >= 11 is 0. The third-order valence-corrected chi connectivity index (χ3v) is 3.77. The molecule has 0 spiro atoms. The Bertz CT molecular complexity index is 1030. The minimum atomic E-state index is 0. The van der Waals surface area contributed by atoms with Crippen molar-refractivity contribution in [3.63, 3.8) is 0 Å². The fourth-order valence-corrected chi connectivity index (χ4v) is 2.63. The largest absolute Gasteiger partial charge is 0.481 e. The quantitative estimate of drug-likeness (QED) is 0.323. The molecule has 0 atom stereocenters. The average Bonchev–Trinajstić information content (AvgIpc) is 3.25. The number of benzene rings is 2. The van der Waals surface area contributed by atoms with Crippen molar-refractivity contribution in [3.8, 4) is 6.07 Å². The number of hydrogen-bond acceptors (Lipinski definition) is 5. The van der Waals surface area contributed by atoms with Gasteiger partial charge in [-0.3, -0.25) is 5.41 Å². The van der Waals surface area contributed by atoms with Crippen LogP contribution in [-0.2, 0) is 17.6 Å². The number of nitrogens with zero attached hydrogens (tertiary/aromatic N) is 3. The maximum atomic E-state index is 8.43. The zero-order valence-corrected chi connectivity index (χ0v) is 17.4. The SMILES string of the molecule is CCOC(=N)Cc1nc2ccccc2[nH]1.Cl.Cl.N#CCc1nc2ccccc2[nH]1. The van der Waals surface area contributed by atoms with E-state index in [1.54, 1.807) is 0 Å². The zero-order chi connectivity index (χ0) is 19.1. The van der Waals surface area contributed by atoms with Gasteiger partial charge in [0.2, 0.25) is 0 Å². The molecule has 0 amide bonds. The standard InChI is InChI=1S/C11H13N3O.C9H7N3.2ClH/c1-2-15-10(12)7-11-13-8-5-3-4-6-9(8)14-11;10-6-5-9-11-7-3-1-2-4-8(7)12-9;;/h3-6,12H,2,7H2,1H3,(H,13,14);1-4H,5H2,(H,11,12);2*1H. The van der Waals surface area contributed by atoms with E-state index in [1.165, 1.54) is 0 Å². The Kier molecular flexibility index (Phi) is 9.66. The highest BCUT2D eigenvalue weighted by atomic mass is 35.5. The Morgan fingerprint density at radius 2 is 1.48 bits per heavy atom. The van der Waals surface area contributed by atoms with E-state index in [-0.39, 0.29) is 30.7 Å². The van der Waals surface area contributed by atoms with Crippen molar-refractivity contribution in [2.45, 2.75) is 19.8 Å². The first-order valence-electron chi connectivity index (χ1n) is 8.64. The zero-order valence-electron chi connectivity index (χ0n) is 15.8.